The molecular formula is C12H18N2O2. The lowest BCUT2D eigenvalue weighted by Gasteiger charge is -2.34. The van der Waals surface area contributed by atoms with Crippen LogP contribution in [0.2, 0.25) is 0 Å². The Morgan fingerprint density at radius 2 is 2.19 bits per heavy atom. The molecule has 1 saturated heterocycles. The number of hydrogen-bond donors (Lipinski definition) is 0. The third-order valence-corrected chi connectivity index (χ3v) is 3.51. The van der Waals surface area contributed by atoms with E-state index in [0.717, 1.165) is 19.4 Å². The van der Waals surface area contributed by atoms with Gasteiger partial charge in [0.2, 0.25) is 0 Å². The molecule has 1 saturated carbocycles. The Bertz CT molecular complexity index is 314. The maximum absolute atomic E-state index is 5.84. The van der Waals surface area contributed by atoms with Gasteiger partial charge in [0.05, 0.1) is 18.8 Å². The molecule has 2 fully saturated rings. The van der Waals surface area contributed by atoms with Crippen LogP contribution in [0.25, 0.3) is 0 Å². The highest BCUT2D eigenvalue weighted by atomic mass is 16.7. The third kappa shape index (κ3) is 2.13. The standard InChI is InChI=1S/C12H18N2O2/c1-3-11(4-1)16-12-6-5-10(9-15-12)14-8-2-7-13-14/h2,7-8,10-12H,1,3-6,9H2. The van der Waals surface area contributed by atoms with Gasteiger partial charge in [-0.3, -0.25) is 4.68 Å². The molecule has 1 aromatic rings. The van der Waals surface area contributed by atoms with Crippen molar-refractivity contribution in [1.29, 1.82) is 0 Å². The average molecular weight is 222 g/mol. The zero-order valence-electron chi connectivity index (χ0n) is 9.42. The van der Waals surface area contributed by atoms with Crippen LogP contribution in [0.1, 0.15) is 38.1 Å². The van der Waals surface area contributed by atoms with Crippen molar-refractivity contribution in [2.45, 2.75) is 50.5 Å². The molecule has 1 aliphatic carbocycles. The van der Waals surface area contributed by atoms with Crippen molar-refractivity contribution in [3.8, 4) is 0 Å². The topological polar surface area (TPSA) is 36.3 Å². The van der Waals surface area contributed by atoms with Crippen LogP contribution in [0.5, 0.6) is 0 Å². The summed E-state index contributed by atoms with van der Waals surface area (Å²) in [5, 5.41) is 4.25. The molecule has 1 aromatic heterocycles. The first kappa shape index (κ1) is 10.3. The van der Waals surface area contributed by atoms with Crippen LogP contribution in [0.15, 0.2) is 18.5 Å². The summed E-state index contributed by atoms with van der Waals surface area (Å²) in [6.45, 7) is 0.721. The highest BCUT2D eigenvalue weighted by molar-refractivity contribution is 4.83. The van der Waals surface area contributed by atoms with E-state index in [9.17, 15) is 0 Å². The van der Waals surface area contributed by atoms with Gasteiger partial charge in [0.15, 0.2) is 6.29 Å². The molecular weight excluding hydrogens is 204 g/mol. The van der Waals surface area contributed by atoms with Gasteiger partial charge in [0, 0.05) is 18.8 Å². The van der Waals surface area contributed by atoms with Gasteiger partial charge in [-0.25, -0.2) is 0 Å². The predicted octanol–water partition coefficient (Wildman–Crippen LogP) is 2.13. The Labute approximate surface area is 95.5 Å². The predicted molar refractivity (Wildman–Crippen MR) is 59.0 cm³/mol. The second-order valence-electron chi connectivity index (χ2n) is 4.67. The Balaban J connectivity index is 1.48. The minimum absolute atomic E-state index is 0.0251. The molecule has 3 rings (SSSR count). The quantitative estimate of drug-likeness (QED) is 0.786. The minimum atomic E-state index is 0.0251. The lowest BCUT2D eigenvalue weighted by atomic mass is 9.96. The van der Waals surface area contributed by atoms with Gasteiger partial charge in [0.1, 0.15) is 0 Å². The zero-order chi connectivity index (χ0) is 10.8. The fourth-order valence-corrected chi connectivity index (χ4v) is 2.25. The lowest BCUT2D eigenvalue weighted by Crippen LogP contribution is -2.35. The van der Waals surface area contributed by atoms with Crippen molar-refractivity contribution >= 4 is 0 Å². The number of ether oxygens (including phenoxy) is 2. The van der Waals surface area contributed by atoms with Crippen molar-refractivity contribution in [3.05, 3.63) is 18.5 Å². The average Bonchev–Trinajstić information content (AvgIpc) is 2.78. The summed E-state index contributed by atoms with van der Waals surface area (Å²) in [5.74, 6) is 0. The molecule has 0 radical (unpaired) electrons. The molecule has 16 heavy (non-hydrogen) atoms. The Morgan fingerprint density at radius 3 is 2.75 bits per heavy atom. The van der Waals surface area contributed by atoms with E-state index in [-0.39, 0.29) is 6.29 Å². The van der Waals surface area contributed by atoms with Crippen LogP contribution in [0, 0.1) is 0 Å². The molecule has 2 atom stereocenters. The fraction of sp³-hybridized carbons (Fsp3) is 0.750. The van der Waals surface area contributed by atoms with Crippen LogP contribution >= 0.6 is 0 Å². The summed E-state index contributed by atoms with van der Waals surface area (Å²) in [6, 6.07) is 2.34. The molecule has 0 N–H and O–H groups in total. The maximum atomic E-state index is 5.84. The molecule has 2 unspecified atom stereocenters. The number of aromatic nitrogens is 2. The van der Waals surface area contributed by atoms with Gasteiger partial charge < -0.3 is 9.47 Å². The van der Waals surface area contributed by atoms with E-state index in [2.05, 4.69) is 5.10 Å². The Morgan fingerprint density at radius 1 is 1.25 bits per heavy atom. The van der Waals surface area contributed by atoms with E-state index in [1.54, 1.807) is 0 Å². The normalized spacial score (nSPS) is 31.2. The van der Waals surface area contributed by atoms with E-state index in [1.807, 2.05) is 23.1 Å². The molecule has 4 heteroatoms. The van der Waals surface area contributed by atoms with Crippen LogP contribution in [-0.4, -0.2) is 28.8 Å². The van der Waals surface area contributed by atoms with E-state index in [4.69, 9.17) is 9.47 Å². The van der Waals surface area contributed by atoms with Gasteiger partial charge >= 0.3 is 0 Å². The molecule has 2 aliphatic rings. The van der Waals surface area contributed by atoms with Crippen molar-refractivity contribution < 1.29 is 9.47 Å². The largest absolute Gasteiger partial charge is 0.350 e. The van der Waals surface area contributed by atoms with Crippen LogP contribution in [-0.2, 0) is 9.47 Å². The monoisotopic (exact) mass is 222 g/mol. The number of nitrogens with zero attached hydrogens (tertiary/aromatic N) is 2. The first-order valence-corrected chi connectivity index (χ1v) is 6.18. The van der Waals surface area contributed by atoms with E-state index < -0.39 is 0 Å². The molecule has 4 nitrogen and oxygen atoms in total. The van der Waals surface area contributed by atoms with Gasteiger partial charge in [0.25, 0.3) is 0 Å². The minimum Gasteiger partial charge on any atom is -0.350 e. The molecule has 2 heterocycles. The summed E-state index contributed by atoms with van der Waals surface area (Å²) in [6.07, 6.45) is 10.1. The summed E-state index contributed by atoms with van der Waals surface area (Å²) >= 11 is 0. The zero-order valence-corrected chi connectivity index (χ0v) is 9.42. The smallest absolute Gasteiger partial charge is 0.158 e. The van der Waals surface area contributed by atoms with E-state index >= 15 is 0 Å². The van der Waals surface area contributed by atoms with E-state index in [1.165, 1.54) is 19.3 Å². The third-order valence-electron chi connectivity index (χ3n) is 3.51. The van der Waals surface area contributed by atoms with Gasteiger partial charge in [-0.15, -0.1) is 0 Å². The van der Waals surface area contributed by atoms with Crippen molar-refractivity contribution in [1.82, 2.24) is 9.78 Å². The summed E-state index contributed by atoms with van der Waals surface area (Å²) in [7, 11) is 0. The first-order valence-electron chi connectivity index (χ1n) is 6.18. The van der Waals surface area contributed by atoms with Crippen molar-refractivity contribution in [2.24, 2.45) is 0 Å². The molecule has 0 amide bonds. The maximum Gasteiger partial charge on any atom is 0.158 e. The fourth-order valence-electron chi connectivity index (χ4n) is 2.25. The van der Waals surface area contributed by atoms with Gasteiger partial charge in [-0.1, -0.05) is 0 Å². The molecule has 0 bridgehead atoms. The summed E-state index contributed by atoms with van der Waals surface area (Å²) in [4.78, 5) is 0. The second kappa shape index (κ2) is 4.55. The van der Waals surface area contributed by atoms with Crippen LogP contribution < -0.4 is 0 Å². The Hall–Kier alpha value is -0.870. The van der Waals surface area contributed by atoms with Crippen LogP contribution in [0.4, 0.5) is 0 Å². The summed E-state index contributed by atoms with van der Waals surface area (Å²) < 4.78 is 13.6. The van der Waals surface area contributed by atoms with Crippen molar-refractivity contribution in [2.75, 3.05) is 6.61 Å². The van der Waals surface area contributed by atoms with Gasteiger partial charge in [-0.2, -0.15) is 5.10 Å². The highest BCUT2D eigenvalue weighted by Gasteiger charge is 2.28. The highest BCUT2D eigenvalue weighted by Crippen LogP contribution is 2.29. The lowest BCUT2D eigenvalue weighted by molar-refractivity contribution is -0.210. The number of hydrogen-bond acceptors (Lipinski definition) is 3. The molecule has 0 spiro atoms. The van der Waals surface area contributed by atoms with Crippen molar-refractivity contribution in [3.63, 3.8) is 0 Å². The molecule has 0 aromatic carbocycles. The van der Waals surface area contributed by atoms with Crippen LogP contribution in [0.3, 0.4) is 0 Å². The first-order chi connectivity index (χ1) is 7.92. The van der Waals surface area contributed by atoms with E-state index in [0.29, 0.717) is 12.1 Å². The second-order valence-corrected chi connectivity index (χ2v) is 4.67. The molecule has 88 valence electrons. The number of rotatable bonds is 3. The Kier molecular flexibility index (Phi) is 2.93. The van der Waals surface area contributed by atoms with Gasteiger partial charge in [-0.05, 0) is 31.7 Å². The molecule has 1 aliphatic heterocycles. The SMILES string of the molecule is c1cnn(C2CCC(OC3CCC3)OC2)c1. The summed E-state index contributed by atoms with van der Waals surface area (Å²) in [5.41, 5.74) is 0.